The molecule has 0 aliphatic rings. The highest BCUT2D eigenvalue weighted by Gasteiger charge is 2.30. The first kappa shape index (κ1) is 27.0. The number of amides is 1. The van der Waals surface area contributed by atoms with Crippen molar-refractivity contribution >= 4 is 16.8 Å². The largest absolute Gasteiger partial charge is 0.495 e. The third-order valence-electron chi connectivity index (χ3n) is 6.79. The zero-order chi connectivity index (χ0) is 27.1. The molecule has 4 rings (SSSR count). The monoisotopic (exact) mass is 515 g/mol. The molecule has 0 saturated heterocycles. The quantitative estimate of drug-likeness (QED) is 0.208. The van der Waals surface area contributed by atoms with Gasteiger partial charge in [-0.3, -0.25) is 14.2 Å². The SMILES string of the molecule is CCCCCCN(C(=O)c1ccc(F)cc1)C(CC)c1nc2ccccc2c(=O)n1-c1ccccc1OC. The maximum absolute atomic E-state index is 14.0. The standard InChI is InChI=1S/C31H34FN3O3/c1-4-6-7-12-21-34(30(36)22-17-19-23(32)20-18-22)26(5-2)29-33-25-14-9-8-13-24(25)31(37)35(29)27-15-10-11-16-28(27)38-3/h8-11,13-20,26H,4-7,12,21H2,1-3H3. The number of nitrogens with zero attached hydrogens (tertiary/aromatic N) is 3. The molecule has 0 N–H and O–H groups in total. The molecule has 4 aromatic rings. The number of carbonyl (C=O) groups is 1. The van der Waals surface area contributed by atoms with Gasteiger partial charge in [0.15, 0.2) is 0 Å². The van der Waals surface area contributed by atoms with Gasteiger partial charge in [0.1, 0.15) is 17.4 Å². The van der Waals surface area contributed by atoms with Gasteiger partial charge in [0.2, 0.25) is 0 Å². The molecule has 0 fully saturated rings. The summed E-state index contributed by atoms with van der Waals surface area (Å²) in [5, 5.41) is 0.483. The Morgan fingerprint density at radius 3 is 2.39 bits per heavy atom. The smallest absolute Gasteiger partial charge is 0.266 e. The number of para-hydroxylation sites is 3. The van der Waals surface area contributed by atoms with E-state index in [4.69, 9.17) is 9.72 Å². The maximum atomic E-state index is 14.0. The number of hydrogen-bond acceptors (Lipinski definition) is 4. The average molecular weight is 516 g/mol. The molecule has 0 bridgehead atoms. The van der Waals surface area contributed by atoms with Gasteiger partial charge in [-0.15, -0.1) is 0 Å². The lowest BCUT2D eigenvalue weighted by Crippen LogP contribution is -2.39. The zero-order valence-electron chi connectivity index (χ0n) is 22.2. The molecule has 1 unspecified atom stereocenters. The normalized spacial score (nSPS) is 11.9. The Kier molecular flexibility index (Phi) is 8.89. The number of carbonyl (C=O) groups excluding carboxylic acids is 1. The molecular formula is C31H34FN3O3. The fourth-order valence-electron chi connectivity index (χ4n) is 4.83. The number of rotatable bonds is 11. The summed E-state index contributed by atoms with van der Waals surface area (Å²) >= 11 is 0. The highest BCUT2D eigenvalue weighted by molar-refractivity contribution is 5.94. The van der Waals surface area contributed by atoms with E-state index >= 15 is 0 Å². The van der Waals surface area contributed by atoms with Crippen molar-refractivity contribution in [1.29, 1.82) is 0 Å². The predicted octanol–water partition coefficient (Wildman–Crippen LogP) is 6.71. The molecule has 1 atom stereocenters. The van der Waals surface area contributed by atoms with Crippen LogP contribution in [-0.2, 0) is 0 Å². The van der Waals surface area contributed by atoms with Gasteiger partial charge in [-0.25, -0.2) is 9.37 Å². The first-order valence-electron chi connectivity index (χ1n) is 13.2. The van der Waals surface area contributed by atoms with Gasteiger partial charge in [-0.1, -0.05) is 57.4 Å². The van der Waals surface area contributed by atoms with Crippen LogP contribution in [-0.4, -0.2) is 34.0 Å². The molecular weight excluding hydrogens is 481 g/mol. The van der Waals surface area contributed by atoms with E-state index in [0.29, 0.717) is 46.7 Å². The highest BCUT2D eigenvalue weighted by Crippen LogP contribution is 2.30. The van der Waals surface area contributed by atoms with Crippen LogP contribution in [0.4, 0.5) is 4.39 Å². The van der Waals surface area contributed by atoms with Crippen LogP contribution in [0.15, 0.2) is 77.6 Å². The van der Waals surface area contributed by atoms with E-state index < -0.39 is 11.9 Å². The summed E-state index contributed by atoms with van der Waals surface area (Å²) < 4.78 is 20.8. The number of methoxy groups -OCH3 is 1. The Balaban J connectivity index is 1.92. The first-order chi connectivity index (χ1) is 18.5. The molecule has 38 heavy (non-hydrogen) atoms. The van der Waals surface area contributed by atoms with Crippen molar-refractivity contribution in [2.24, 2.45) is 0 Å². The van der Waals surface area contributed by atoms with E-state index in [2.05, 4.69) is 6.92 Å². The molecule has 1 amide bonds. The fourth-order valence-corrected chi connectivity index (χ4v) is 4.83. The summed E-state index contributed by atoms with van der Waals surface area (Å²) in [4.78, 5) is 34.6. The van der Waals surface area contributed by atoms with Crippen molar-refractivity contribution in [3.63, 3.8) is 0 Å². The molecule has 0 aliphatic heterocycles. The second kappa shape index (κ2) is 12.5. The number of fused-ring (bicyclic) bond motifs is 1. The average Bonchev–Trinajstić information content (AvgIpc) is 2.95. The summed E-state index contributed by atoms with van der Waals surface area (Å²) in [5.74, 6) is 0.375. The molecule has 3 aromatic carbocycles. The van der Waals surface area contributed by atoms with Gasteiger partial charge in [0.05, 0.1) is 29.7 Å². The van der Waals surface area contributed by atoms with E-state index in [0.717, 1.165) is 25.7 Å². The van der Waals surface area contributed by atoms with E-state index in [-0.39, 0.29) is 11.5 Å². The summed E-state index contributed by atoms with van der Waals surface area (Å²) in [6.45, 7) is 4.61. The van der Waals surface area contributed by atoms with Gasteiger partial charge in [0.25, 0.3) is 11.5 Å². The van der Waals surface area contributed by atoms with Crippen LogP contribution in [0.5, 0.6) is 5.75 Å². The molecule has 0 aliphatic carbocycles. The molecule has 6 nitrogen and oxygen atoms in total. The topological polar surface area (TPSA) is 64.4 Å². The highest BCUT2D eigenvalue weighted by atomic mass is 19.1. The lowest BCUT2D eigenvalue weighted by Gasteiger charge is -2.33. The van der Waals surface area contributed by atoms with Crippen molar-refractivity contribution in [1.82, 2.24) is 14.5 Å². The van der Waals surface area contributed by atoms with E-state index in [1.54, 1.807) is 28.7 Å². The molecule has 7 heteroatoms. The number of unbranched alkanes of at least 4 members (excludes halogenated alkanes) is 3. The van der Waals surface area contributed by atoms with Crippen LogP contribution in [0.25, 0.3) is 16.6 Å². The molecule has 0 saturated carbocycles. The number of hydrogen-bond donors (Lipinski definition) is 0. The second-order valence-corrected chi connectivity index (χ2v) is 9.29. The van der Waals surface area contributed by atoms with Crippen molar-refractivity contribution in [2.75, 3.05) is 13.7 Å². The van der Waals surface area contributed by atoms with Crippen molar-refractivity contribution in [2.45, 2.75) is 52.0 Å². The Morgan fingerprint density at radius 1 is 0.974 bits per heavy atom. The lowest BCUT2D eigenvalue weighted by atomic mass is 10.1. The lowest BCUT2D eigenvalue weighted by molar-refractivity contribution is 0.0654. The van der Waals surface area contributed by atoms with E-state index in [9.17, 15) is 14.0 Å². The minimum Gasteiger partial charge on any atom is -0.495 e. The molecule has 198 valence electrons. The Morgan fingerprint density at radius 2 is 1.68 bits per heavy atom. The fraction of sp³-hybridized carbons (Fsp3) is 0.323. The second-order valence-electron chi connectivity index (χ2n) is 9.29. The van der Waals surface area contributed by atoms with E-state index in [1.165, 1.54) is 24.3 Å². The van der Waals surface area contributed by atoms with Gasteiger partial charge < -0.3 is 9.64 Å². The van der Waals surface area contributed by atoms with Crippen LogP contribution < -0.4 is 10.3 Å². The first-order valence-corrected chi connectivity index (χ1v) is 13.2. The van der Waals surface area contributed by atoms with Crippen LogP contribution in [0.1, 0.15) is 68.2 Å². The van der Waals surface area contributed by atoms with Crippen molar-refractivity contribution in [3.05, 3.63) is 100 Å². The molecule has 1 aromatic heterocycles. The number of halogens is 1. The number of benzene rings is 3. The van der Waals surface area contributed by atoms with Gasteiger partial charge in [-0.2, -0.15) is 0 Å². The van der Waals surface area contributed by atoms with Crippen LogP contribution in [0, 0.1) is 5.82 Å². The number of ether oxygens (including phenoxy) is 1. The van der Waals surface area contributed by atoms with Gasteiger partial charge in [-0.05, 0) is 61.4 Å². The Hall–Kier alpha value is -4.00. The van der Waals surface area contributed by atoms with Crippen LogP contribution >= 0.6 is 0 Å². The van der Waals surface area contributed by atoms with Crippen LogP contribution in [0.2, 0.25) is 0 Å². The van der Waals surface area contributed by atoms with Crippen molar-refractivity contribution in [3.8, 4) is 11.4 Å². The van der Waals surface area contributed by atoms with E-state index in [1.807, 2.05) is 43.3 Å². The minimum absolute atomic E-state index is 0.220. The molecule has 0 radical (unpaired) electrons. The third kappa shape index (κ3) is 5.62. The van der Waals surface area contributed by atoms with Crippen molar-refractivity contribution < 1.29 is 13.9 Å². The zero-order valence-corrected chi connectivity index (χ0v) is 22.2. The third-order valence-corrected chi connectivity index (χ3v) is 6.79. The Bertz CT molecular complexity index is 1450. The van der Waals surface area contributed by atoms with Gasteiger partial charge >= 0.3 is 0 Å². The van der Waals surface area contributed by atoms with Crippen LogP contribution in [0.3, 0.4) is 0 Å². The molecule has 0 spiro atoms. The summed E-state index contributed by atoms with van der Waals surface area (Å²) in [7, 11) is 1.56. The summed E-state index contributed by atoms with van der Waals surface area (Å²) in [6, 6.07) is 19.6. The van der Waals surface area contributed by atoms with Gasteiger partial charge in [0, 0.05) is 12.1 Å². The Labute approximate surface area is 222 Å². The predicted molar refractivity (Wildman–Crippen MR) is 149 cm³/mol. The minimum atomic E-state index is -0.503. The number of aromatic nitrogens is 2. The maximum Gasteiger partial charge on any atom is 0.266 e. The summed E-state index contributed by atoms with van der Waals surface area (Å²) in [5.41, 5.74) is 1.30. The summed E-state index contributed by atoms with van der Waals surface area (Å²) in [6.07, 6.45) is 4.45. The molecule has 1 heterocycles.